The highest BCUT2D eigenvalue weighted by Crippen LogP contribution is 2.24. The Balaban J connectivity index is 1.97. The molecular weight excluding hydrogens is 255 g/mol. The van der Waals surface area contributed by atoms with Crippen LogP contribution in [-0.2, 0) is 6.42 Å². The van der Waals surface area contributed by atoms with Crippen molar-refractivity contribution < 1.29 is 9.50 Å². The van der Waals surface area contributed by atoms with Crippen LogP contribution in [0.4, 0.5) is 4.39 Å². The van der Waals surface area contributed by atoms with E-state index in [1.165, 1.54) is 6.07 Å². The van der Waals surface area contributed by atoms with Crippen molar-refractivity contribution in [2.45, 2.75) is 12.5 Å². The first kappa shape index (κ1) is 12.7. The smallest absolute Gasteiger partial charge is 0.126 e. The summed E-state index contributed by atoms with van der Waals surface area (Å²) in [5, 5.41) is 10.4. The third-order valence-electron chi connectivity index (χ3n) is 3.26. The second-order valence-electron chi connectivity index (χ2n) is 4.58. The molecule has 0 aliphatic rings. The first-order valence-corrected chi connectivity index (χ1v) is 6.37. The van der Waals surface area contributed by atoms with Gasteiger partial charge in [0, 0.05) is 24.4 Å². The second kappa shape index (κ2) is 5.35. The van der Waals surface area contributed by atoms with Crippen LogP contribution >= 0.6 is 0 Å². The third kappa shape index (κ3) is 2.38. The number of aliphatic hydroxyl groups excluding tert-OH is 1. The van der Waals surface area contributed by atoms with E-state index in [0.29, 0.717) is 16.6 Å². The van der Waals surface area contributed by atoms with Crippen molar-refractivity contribution >= 4 is 11.0 Å². The third-order valence-corrected chi connectivity index (χ3v) is 3.26. The Morgan fingerprint density at radius 2 is 1.80 bits per heavy atom. The fourth-order valence-electron chi connectivity index (χ4n) is 2.27. The molecular formula is C16H13FN2O. The fraction of sp³-hybridized carbons (Fsp3) is 0.125. The van der Waals surface area contributed by atoms with E-state index in [0.717, 1.165) is 5.52 Å². The highest BCUT2D eigenvalue weighted by atomic mass is 19.1. The zero-order valence-electron chi connectivity index (χ0n) is 10.7. The number of halogens is 1. The zero-order chi connectivity index (χ0) is 13.9. The first-order chi connectivity index (χ1) is 9.75. The number of hydrogen-bond donors (Lipinski definition) is 1. The first-order valence-electron chi connectivity index (χ1n) is 6.37. The Kier molecular flexibility index (Phi) is 3.39. The van der Waals surface area contributed by atoms with Crippen molar-refractivity contribution in [3.05, 3.63) is 71.8 Å². The fourth-order valence-corrected chi connectivity index (χ4v) is 2.27. The summed E-state index contributed by atoms with van der Waals surface area (Å²) in [7, 11) is 0. The topological polar surface area (TPSA) is 46.0 Å². The summed E-state index contributed by atoms with van der Waals surface area (Å²) in [6.07, 6.45) is 2.59. The van der Waals surface area contributed by atoms with Gasteiger partial charge >= 0.3 is 0 Å². The van der Waals surface area contributed by atoms with Crippen LogP contribution in [0.1, 0.15) is 17.2 Å². The number of nitrogens with zero attached hydrogens (tertiary/aromatic N) is 2. The van der Waals surface area contributed by atoms with Crippen molar-refractivity contribution in [3.8, 4) is 0 Å². The summed E-state index contributed by atoms with van der Waals surface area (Å²) >= 11 is 0. The van der Waals surface area contributed by atoms with Gasteiger partial charge in [-0.3, -0.25) is 9.97 Å². The van der Waals surface area contributed by atoms with Crippen LogP contribution in [0.2, 0.25) is 0 Å². The van der Waals surface area contributed by atoms with Crippen molar-refractivity contribution in [2.75, 3.05) is 0 Å². The summed E-state index contributed by atoms with van der Waals surface area (Å²) in [6.45, 7) is 0. The molecule has 1 unspecified atom stereocenters. The minimum Gasteiger partial charge on any atom is -0.388 e. The summed E-state index contributed by atoms with van der Waals surface area (Å²) in [6, 6.07) is 11.9. The Morgan fingerprint density at radius 1 is 1.00 bits per heavy atom. The minimum atomic E-state index is -0.813. The highest BCUT2D eigenvalue weighted by molar-refractivity contribution is 5.77. The Bertz CT molecular complexity index is 740. The Morgan fingerprint density at radius 3 is 2.65 bits per heavy atom. The van der Waals surface area contributed by atoms with Gasteiger partial charge in [0.25, 0.3) is 0 Å². The van der Waals surface area contributed by atoms with Gasteiger partial charge in [-0.2, -0.15) is 0 Å². The molecule has 4 heteroatoms. The van der Waals surface area contributed by atoms with E-state index >= 15 is 0 Å². The number of aliphatic hydroxyl groups is 1. The van der Waals surface area contributed by atoms with Crippen LogP contribution in [0.25, 0.3) is 11.0 Å². The van der Waals surface area contributed by atoms with Gasteiger partial charge in [-0.15, -0.1) is 0 Å². The summed E-state index contributed by atoms with van der Waals surface area (Å²) in [5.74, 6) is -0.308. The summed E-state index contributed by atoms with van der Waals surface area (Å²) in [4.78, 5) is 8.45. The highest BCUT2D eigenvalue weighted by Gasteiger charge is 2.14. The molecule has 0 radical (unpaired) electrons. The minimum absolute atomic E-state index is 0.211. The van der Waals surface area contributed by atoms with Gasteiger partial charge in [0.2, 0.25) is 0 Å². The van der Waals surface area contributed by atoms with E-state index in [9.17, 15) is 9.50 Å². The van der Waals surface area contributed by atoms with E-state index < -0.39 is 6.10 Å². The molecule has 20 heavy (non-hydrogen) atoms. The SMILES string of the molecule is OC(Cc1ccccc1F)c1cccc2nccnc12. The molecule has 0 bridgehead atoms. The van der Waals surface area contributed by atoms with Crippen molar-refractivity contribution in [1.29, 1.82) is 0 Å². The lowest BCUT2D eigenvalue weighted by Gasteiger charge is -2.13. The largest absolute Gasteiger partial charge is 0.388 e. The van der Waals surface area contributed by atoms with Gasteiger partial charge in [-0.1, -0.05) is 30.3 Å². The number of fused-ring (bicyclic) bond motifs is 1. The average Bonchev–Trinajstić information content (AvgIpc) is 2.49. The van der Waals surface area contributed by atoms with Crippen LogP contribution in [-0.4, -0.2) is 15.1 Å². The van der Waals surface area contributed by atoms with Gasteiger partial charge in [-0.25, -0.2) is 4.39 Å². The molecule has 1 atom stereocenters. The normalized spacial score (nSPS) is 12.5. The summed E-state index contributed by atoms with van der Waals surface area (Å²) < 4.78 is 13.6. The molecule has 0 saturated carbocycles. The van der Waals surface area contributed by atoms with E-state index in [-0.39, 0.29) is 12.2 Å². The number of aromatic nitrogens is 2. The van der Waals surface area contributed by atoms with Crippen LogP contribution in [0.3, 0.4) is 0 Å². The lowest BCUT2D eigenvalue weighted by Crippen LogP contribution is -2.05. The standard InChI is InChI=1S/C16H13FN2O/c17-13-6-2-1-4-11(13)10-15(20)12-5-3-7-14-16(12)19-9-8-18-14/h1-9,15,20H,10H2. The van der Waals surface area contributed by atoms with E-state index in [4.69, 9.17) is 0 Å². The molecule has 1 aromatic heterocycles. The molecule has 3 rings (SSSR count). The van der Waals surface area contributed by atoms with Gasteiger partial charge in [0.15, 0.2) is 0 Å². The Labute approximate surface area is 115 Å². The molecule has 2 aromatic carbocycles. The average molecular weight is 268 g/mol. The molecule has 1 heterocycles. The van der Waals surface area contributed by atoms with E-state index in [2.05, 4.69) is 9.97 Å². The van der Waals surface area contributed by atoms with Crippen LogP contribution in [0.5, 0.6) is 0 Å². The number of para-hydroxylation sites is 1. The Hall–Kier alpha value is -2.33. The molecule has 0 aliphatic heterocycles. The molecule has 100 valence electrons. The van der Waals surface area contributed by atoms with Crippen molar-refractivity contribution in [2.24, 2.45) is 0 Å². The number of hydrogen-bond acceptors (Lipinski definition) is 3. The van der Waals surface area contributed by atoms with Crippen LogP contribution in [0.15, 0.2) is 54.9 Å². The maximum atomic E-state index is 13.6. The van der Waals surface area contributed by atoms with Gasteiger partial charge in [-0.05, 0) is 17.7 Å². The lowest BCUT2D eigenvalue weighted by molar-refractivity contribution is 0.178. The van der Waals surface area contributed by atoms with E-state index in [1.54, 1.807) is 36.7 Å². The van der Waals surface area contributed by atoms with Gasteiger partial charge in [0.1, 0.15) is 5.82 Å². The predicted octanol–water partition coefficient (Wildman–Crippen LogP) is 3.05. The van der Waals surface area contributed by atoms with Gasteiger partial charge < -0.3 is 5.11 Å². The maximum absolute atomic E-state index is 13.6. The molecule has 3 aromatic rings. The van der Waals surface area contributed by atoms with Crippen LogP contribution in [0, 0.1) is 5.82 Å². The molecule has 0 fully saturated rings. The second-order valence-corrected chi connectivity index (χ2v) is 4.58. The quantitative estimate of drug-likeness (QED) is 0.794. The van der Waals surface area contributed by atoms with E-state index in [1.807, 2.05) is 12.1 Å². The maximum Gasteiger partial charge on any atom is 0.126 e. The molecule has 0 aliphatic carbocycles. The molecule has 0 spiro atoms. The van der Waals surface area contributed by atoms with Crippen molar-refractivity contribution in [1.82, 2.24) is 9.97 Å². The van der Waals surface area contributed by atoms with Gasteiger partial charge in [0.05, 0.1) is 17.1 Å². The monoisotopic (exact) mass is 268 g/mol. The molecule has 1 N–H and O–H groups in total. The summed E-state index contributed by atoms with van der Waals surface area (Å²) in [5.41, 5.74) is 2.52. The number of benzene rings is 2. The zero-order valence-corrected chi connectivity index (χ0v) is 10.7. The predicted molar refractivity (Wildman–Crippen MR) is 74.6 cm³/mol. The molecule has 3 nitrogen and oxygen atoms in total. The van der Waals surface area contributed by atoms with Crippen molar-refractivity contribution in [3.63, 3.8) is 0 Å². The lowest BCUT2D eigenvalue weighted by atomic mass is 10.00. The molecule has 0 saturated heterocycles. The molecule has 0 amide bonds. The van der Waals surface area contributed by atoms with Crippen LogP contribution < -0.4 is 0 Å². The number of rotatable bonds is 3.